The van der Waals surface area contributed by atoms with E-state index in [0.717, 1.165) is 46.5 Å². The molecule has 1 spiro atoms. The topological polar surface area (TPSA) is 85.8 Å². The fourth-order valence-corrected chi connectivity index (χ4v) is 5.04. The van der Waals surface area contributed by atoms with Crippen LogP contribution in [0.4, 0.5) is 20.4 Å². The van der Waals surface area contributed by atoms with Crippen LogP contribution in [0.15, 0.2) is 24.8 Å². The van der Waals surface area contributed by atoms with Gasteiger partial charge in [-0.25, -0.2) is 27.9 Å². The Balaban J connectivity index is 1.31. The van der Waals surface area contributed by atoms with Gasteiger partial charge in [0.15, 0.2) is 11.3 Å². The van der Waals surface area contributed by atoms with Gasteiger partial charge >= 0.3 is 0 Å². The maximum absolute atomic E-state index is 13.3. The maximum atomic E-state index is 13.3. The molecule has 4 aromatic rings. The third kappa shape index (κ3) is 2.59. The number of rotatable bonds is 3. The predicted molar refractivity (Wildman–Crippen MR) is 106 cm³/mol. The Morgan fingerprint density at radius 1 is 1.17 bits per heavy atom. The molecule has 1 N–H and O–H groups in total. The minimum atomic E-state index is -2.49. The first-order chi connectivity index (χ1) is 14.3. The molecular formula is C20H20F2N8. The summed E-state index contributed by atoms with van der Waals surface area (Å²) in [6.45, 7) is 3.90. The van der Waals surface area contributed by atoms with Gasteiger partial charge < -0.3 is 5.32 Å². The predicted octanol–water partition coefficient (Wildman–Crippen LogP) is 3.98. The van der Waals surface area contributed by atoms with E-state index in [-0.39, 0.29) is 24.3 Å². The van der Waals surface area contributed by atoms with Gasteiger partial charge in [0.05, 0.1) is 29.0 Å². The summed E-state index contributed by atoms with van der Waals surface area (Å²) < 4.78 is 30.3. The van der Waals surface area contributed by atoms with E-state index in [1.165, 1.54) is 6.33 Å². The average molecular weight is 410 g/mol. The average Bonchev–Trinajstić information content (AvgIpc) is 3.21. The molecule has 0 saturated heterocycles. The van der Waals surface area contributed by atoms with Crippen LogP contribution in [0.3, 0.4) is 0 Å². The monoisotopic (exact) mass is 410 g/mol. The van der Waals surface area contributed by atoms with Crippen molar-refractivity contribution in [1.82, 2.24) is 34.3 Å². The molecule has 30 heavy (non-hydrogen) atoms. The van der Waals surface area contributed by atoms with E-state index in [1.54, 1.807) is 10.7 Å². The number of hydrogen-bond donors (Lipinski definition) is 1. The molecular weight excluding hydrogens is 390 g/mol. The van der Waals surface area contributed by atoms with E-state index in [4.69, 9.17) is 4.98 Å². The molecule has 0 bridgehead atoms. The van der Waals surface area contributed by atoms with E-state index < -0.39 is 5.92 Å². The Bertz CT molecular complexity index is 1290. The molecule has 10 heteroatoms. The van der Waals surface area contributed by atoms with Gasteiger partial charge in [0.25, 0.3) is 0 Å². The molecule has 4 aromatic heterocycles. The van der Waals surface area contributed by atoms with E-state index in [1.807, 2.05) is 30.8 Å². The summed E-state index contributed by atoms with van der Waals surface area (Å²) in [4.78, 5) is 13.3. The van der Waals surface area contributed by atoms with Crippen LogP contribution < -0.4 is 5.32 Å². The number of nitrogens with one attached hydrogen (secondary N) is 1. The lowest BCUT2D eigenvalue weighted by Crippen LogP contribution is -2.54. The van der Waals surface area contributed by atoms with Crippen molar-refractivity contribution >= 4 is 28.3 Å². The van der Waals surface area contributed by atoms with Crippen molar-refractivity contribution in [3.63, 3.8) is 0 Å². The Morgan fingerprint density at radius 3 is 2.73 bits per heavy atom. The summed E-state index contributed by atoms with van der Waals surface area (Å²) >= 11 is 0. The van der Waals surface area contributed by atoms with Gasteiger partial charge in [-0.15, -0.1) is 0 Å². The highest BCUT2D eigenvalue weighted by Gasteiger charge is 2.62. The normalized spacial score (nSPS) is 19.9. The maximum Gasteiger partial charge on any atom is 0.249 e. The Morgan fingerprint density at radius 2 is 1.97 bits per heavy atom. The van der Waals surface area contributed by atoms with Gasteiger partial charge in [-0.1, -0.05) is 0 Å². The summed E-state index contributed by atoms with van der Waals surface area (Å²) in [5.41, 5.74) is 3.96. The van der Waals surface area contributed by atoms with Gasteiger partial charge in [-0.2, -0.15) is 15.2 Å². The molecule has 0 aromatic carbocycles. The van der Waals surface area contributed by atoms with Crippen LogP contribution in [0.25, 0.3) is 16.7 Å². The number of halogens is 2. The number of hydrogen-bond acceptors (Lipinski definition) is 6. The molecule has 0 atom stereocenters. The molecule has 0 unspecified atom stereocenters. The number of aromatic nitrogens is 7. The van der Waals surface area contributed by atoms with Gasteiger partial charge in [0.2, 0.25) is 11.9 Å². The van der Waals surface area contributed by atoms with Crippen LogP contribution in [0.1, 0.15) is 43.0 Å². The first-order valence-electron chi connectivity index (χ1n) is 9.98. The zero-order valence-electron chi connectivity index (χ0n) is 16.6. The SMILES string of the molecule is Cc1cc2ncnn2cc1Nc1ncc2c(C)nn(C3CC4(C3)CC(F)(F)C4)c2n1. The molecule has 0 radical (unpaired) electrons. The number of aryl methyl sites for hydroxylation is 2. The van der Waals surface area contributed by atoms with E-state index >= 15 is 0 Å². The molecule has 4 heterocycles. The minimum Gasteiger partial charge on any atom is -0.323 e. The van der Waals surface area contributed by atoms with Crippen molar-refractivity contribution < 1.29 is 8.78 Å². The van der Waals surface area contributed by atoms with Crippen molar-refractivity contribution in [3.8, 4) is 0 Å². The van der Waals surface area contributed by atoms with E-state index in [0.29, 0.717) is 5.95 Å². The number of pyridine rings is 1. The van der Waals surface area contributed by atoms with Gasteiger partial charge in [0.1, 0.15) is 6.33 Å². The Hall–Kier alpha value is -3.17. The molecule has 0 aliphatic heterocycles. The third-order valence-electron chi connectivity index (χ3n) is 6.45. The first kappa shape index (κ1) is 17.7. The van der Waals surface area contributed by atoms with Crippen LogP contribution in [0, 0.1) is 19.3 Å². The van der Waals surface area contributed by atoms with E-state index in [9.17, 15) is 8.78 Å². The zero-order chi connectivity index (χ0) is 20.7. The molecule has 0 amide bonds. The third-order valence-corrected chi connectivity index (χ3v) is 6.45. The van der Waals surface area contributed by atoms with Gasteiger partial charge in [0, 0.05) is 19.0 Å². The van der Waals surface area contributed by atoms with Crippen LogP contribution in [0.2, 0.25) is 0 Å². The van der Waals surface area contributed by atoms with Crippen LogP contribution >= 0.6 is 0 Å². The summed E-state index contributed by atoms with van der Waals surface area (Å²) in [5, 5.41) is 12.9. The summed E-state index contributed by atoms with van der Waals surface area (Å²) in [7, 11) is 0. The Labute approximate surface area is 170 Å². The van der Waals surface area contributed by atoms with Gasteiger partial charge in [-0.05, 0) is 43.7 Å². The summed E-state index contributed by atoms with van der Waals surface area (Å²) in [5.74, 6) is -2.04. The highest BCUT2D eigenvalue weighted by Crippen LogP contribution is 2.65. The highest BCUT2D eigenvalue weighted by molar-refractivity contribution is 5.79. The van der Waals surface area contributed by atoms with Crippen LogP contribution in [-0.2, 0) is 0 Å². The second kappa shape index (κ2) is 5.71. The summed E-state index contributed by atoms with van der Waals surface area (Å²) in [6.07, 6.45) is 6.58. The fraction of sp³-hybridized carbons (Fsp3) is 0.450. The molecule has 6 rings (SSSR count). The molecule has 2 saturated carbocycles. The molecule has 2 aliphatic carbocycles. The quantitative estimate of drug-likeness (QED) is 0.550. The van der Waals surface area contributed by atoms with Crippen molar-refractivity contribution in [2.24, 2.45) is 5.41 Å². The van der Waals surface area contributed by atoms with Crippen molar-refractivity contribution in [2.45, 2.75) is 51.5 Å². The number of anilines is 2. The lowest BCUT2D eigenvalue weighted by Gasteiger charge is -2.57. The smallest absolute Gasteiger partial charge is 0.249 e. The Kier molecular flexibility index (Phi) is 3.36. The second-order valence-electron chi connectivity index (χ2n) is 8.79. The second-order valence-corrected chi connectivity index (χ2v) is 8.79. The standard InChI is InChI=1S/C20H20F2N8/c1-11-3-16-24-10-25-29(16)7-15(11)26-18-23-6-14-12(2)28-30(17(14)27-18)13-4-19(5-13)8-20(21,22)9-19/h3,6-7,10,13H,4-5,8-9H2,1-2H3,(H,23,26,27). The lowest BCUT2D eigenvalue weighted by atomic mass is 9.52. The van der Waals surface area contributed by atoms with Crippen LogP contribution in [0.5, 0.6) is 0 Å². The van der Waals surface area contributed by atoms with Crippen LogP contribution in [-0.4, -0.2) is 40.3 Å². The van der Waals surface area contributed by atoms with Crippen molar-refractivity contribution in [1.29, 1.82) is 0 Å². The minimum absolute atomic E-state index is 0.000509. The lowest BCUT2D eigenvalue weighted by molar-refractivity contribution is -0.204. The molecule has 8 nitrogen and oxygen atoms in total. The zero-order valence-corrected chi connectivity index (χ0v) is 16.6. The van der Waals surface area contributed by atoms with Crippen molar-refractivity contribution in [3.05, 3.63) is 36.0 Å². The largest absolute Gasteiger partial charge is 0.323 e. The summed E-state index contributed by atoms with van der Waals surface area (Å²) in [6, 6.07) is 2.04. The van der Waals surface area contributed by atoms with Gasteiger partial charge in [-0.3, -0.25) is 0 Å². The first-order valence-corrected chi connectivity index (χ1v) is 9.98. The molecule has 2 fully saturated rings. The van der Waals surface area contributed by atoms with E-state index in [2.05, 4.69) is 25.5 Å². The molecule has 2 aliphatic rings. The molecule has 154 valence electrons. The number of alkyl halides is 2. The highest BCUT2D eigenvalue weighted by atomic mass is 19.3. The number of nitrogens with zero attached hydrogens (tertiary/aromatic N) is 7. The fourth-order valence-electron chi connectivity index (χ4n) is 5.04. The number of fused-ring (bicyclic) bond motifs is 2. The van der Waals surface area contributed by atoms with Crippen molar-refractivity contribution in [2.75, 3.05) is 5.32 Å².